The average molecular weight is 188 g/mol. The van der Waals surface area contributed by atoms with Crippen molar-refractivity contribution in [3.8, 4) is 0 Å². The molecule has 0 bridgehead atoms. The SMILES string of the molecule is C=C(CCSCCCC)C(=O)O. The van der Waals surface area contributed by atoms with Crippen LogP contribution in [0.15, 0.2) is 12.2 Å². The van der Waals surface area contributed by atoms with Crippen molar-refractivity contribution in [2.75, 3.05) is 11.5 Å². The highest BCUT2D eigenvalue weighted by Crippen LogP contribution is 2.09. The predicted molar refractivity (Wildman–Crippen MR) is 53.6 cm³/mol. The van der Waals surface area contributed by atoms with Crippen LogP contribution in [-0.2, 0) is 4.79 Å². The first-order valence-electron chi connectivity index (χ1n) is 4.17. The van der Waals surface area contributed by atoms with E-state index in [1.165, 1.54) is 12.8 Å². The molecule has 0 unspecified atom stereocenters. The molecule has 0 atom stereocenters. The molecule has 0 spiro atoms. The zero-order valence-corrected chi connectivity index (χ0v) is 8.32. The molecule has 70 valence electrons. The fourth-order valence-electron chi connectivity index (χ4n) is 0.651. The minimum absolute atomic E-state index is 0.319. The molecule has 2 nitrogen and oxygen atoms in total. The van der Waals surface area contributed by atoms with E-state index in [1.54, 1.807) is 11.8 Å². The van der Waals surface area contributed by atoms with Gasteiger partial charge in [-0.15, -0.1) is 0 Å². The summed E-state index contributed by atoms with van der Waals surface area (Å²) in [5, 5.41) is 8.48. The summed E-state index contributed by atoms with van der Waals surface area (Å²) >= 11 is 1.80. The summed E-state index contributed by atoms with van der Waals surface area (Å²) < 4.78 is 0. The number of thioether (sulfide) groups is 1. The maximum atomic E-state index is 10.3. The van der Waals surface area contributed by atoms with E-state index in [0.29, 0.717) is 12.0 Å². The lowest BCUT2D eigenvalue weighted by Gasteiger charge is -1.99. The molecule has 0 saturated heterocycles. The van der Waals surface area contributed by atoms with Crippen LogP contribution in [0.4, 0.5) is 0 Å². The van der Waals surface area contributed by atoms with Crippen LogP contribution >= 0.6 is 11.8 Å². The molecule has 0 rings (SSSR count). The van der Waals surface area contributed by atoms with Crippen molar-refractivity contribution in [1.29, 1.82) is 0 Å². The van der Waals surface area contributed by atoms with Crippen LogP contribution in [0.1, 0.15) is 26.2 Å². The van der Waals surface area contributed by atoms with Crippen LogP contribution in [0.3, 0.4) is 0 Å². The quantitative estimate of drug-likeness (QED) is 0.493. The normalized spacial score (nSPS) is 9.75. The largest absolute Gasteiger partial charge is 0.478 e. The van der Waals surface area contributed by atoms with Gasteiger partial charge in [0.05, 0.1) is 0 Å². The Hall–Kier alpha value is -0.440. The summed E-state index contributed by atoms with van der Waals surface area (Å²) in [6.45, 7) is 5.61. The molecule has 0 aromatic carbocycles. The van der Waals surface area contributed by atoms with Crippen molar-refractivity contribution >= 4 is 17.7 Å². The number of carbonyl (C=O) groups is 1. The summed E-state index contributed by atoms with van der Waals surface area (Å²) in [5.41, 5.74) is 0.319. The van der Waals surface area contributed by atoms with Gasteiger partial charge in [-0.3, -0.25) is 0 Å². The van der Waals surface area contributed by atoms with E-state index >= 15 is 0 Å². The lowest BCUT2D eigenvalue weighted by Crippen LogP contribution is -1.99. The molecular weight excluding hydrogens is 172 g/mol. The van der Waals surface area contributed by atoms with Crippen LogP contribution < -0.4 is 0 Å². The van der Waals surface area contributed by atoms with Gasteiger partial charge in [-0.2, -0.15) is 11.8 Å². The van der Waals surface area contributed by atoms with Gasteiger partial charge in [0.25, 0.3) is 0 Å². The van der Waals surface area contributed by atoms with E-state index in [1.807, 2.05) is 0 Å². The third-order valence-electron chi connectivity index (χ3n) is 1.49. The Morgan fingerprint density at radius 1 is 1.50 bits per heavy atom. The van der Waals surface area contributed by atoms with Gasteiger partial charge in [0.2, 0.25) is 0 Å². The lowest BCUT2D eigenvalue weighted by molar-refractivity contribution is -0.132. The first-order chi connectivity index (χ1) is 5.68. The van der Waals surface area contributed by atoms with Crippen molar-refractivity contribution in [2.45, 2.75) is 26.2 Å². The smallest absolute Gasteiger partial charge is 0.330 e. The van der Waals surface area contributed by atoms with Crippen LogP contribution in [0.25, 0.3) is 0 Å². The first kappa shape index (κ1) is 11.6. The van der Waals surface area contributed by atoms with Gasteiger partial charge in [0.1, 0.15) is 0 Å². The second kappa shape index (κ2) is 7.22. The number of unbranched alkanes of at least 4 members (excludes halogenated alkanes) is 1. The minimum atomic E-state index is -0.869. The Bertz CT molecular complexity index is 155. The molecule has 0 saturated carbocycles. The topological polar surface area (TPSA) is 37.3 Å². The van der Waals surface area contributed by atoms with Crippen molar-refractivity contribution in [2.24, 2.45) is 0 Å². The molecule has 0 radical (unpaired) electrons. The molecule has 0 aromatic heterocycles. The molecule has 0 amide bonds. The van der Waals surface area contributed by atoms with Crippen LogP contribution in [0.2, 0.25) is 0 Å². The van der Waals surface area contributed by atoms with Gasteiger partial charge in [-0.1, -0.05) is 19.9 Å². The summed E-state index contributed by atoms with van der Waals surface area (Å²) in [6, 6.07) is 0. The maximum Gasteiger partial charge on any atom is 0.330 e. The third kappa shape index (κ3) is 6.28. The Kier molecular flexibility index (Phi) is 6.96. The minimum Gasteiger partial charge on any atom is -0.478 e. The van der Waals surface area contributed by atoms with Gasteiger partial charge in [0, 0.05) is 5.57 Å². The van der Waals surface area contributed by atoms with E-state index in [0.717, 1.165) is 11.5 Å². The number of hydrogen-bond donors (Lipinski definition) is 1. The highest BCUT2D eigenvalue weighted by Gasteiger charge is 2.02. The van der Waals surface area contributed by atoms with E-state index in [9.17, 15) is 4.79 Å². The number of carboxylic acids is 1. The van der Waals surface area contributed by atoms with E-state index < -0.39 is 5.97 Å². The van der Waals surface area contributed by atoms with Gasteiger partial charge >= 0.3 is 5.97 Å². The molecule has 0 heterocycles. The lowest BCUT2D eigenvalue weighted by atomic mass is 10.2. The number of carboxylic acid groups (broad SMARTS) is 1. The molecule has 1 N–H and O–H groups in total. The highest BCUT2D eigenvalue weighted by atomic mass is 32.2. The second-order valence-electron chi connectivity index (χ2n) is 2.62. The van der Waals surface area contributed by atoms with Gasteiger partial charge in [-0.25, -0.2) is 4.79 Å². The Balaban J connectivity index is 3.20. The number of hydrogen-bond acceptors (Lipinski definition) is 2. The van der Waals surface area contributed by atoms with Gasteiger partial charge in [0.15, 0.2) is 0 Å². The second-order valence-corrected chi connectivity index (χ2v) is 3.85. The van der Waals surface area contributed by atoms with Crippen LogP contribution in [-0.4, -0.2) is 22.6 Å². The number of rotatable bonds is 7. The summed E-state index contributed by atoms with van der Waals surface area (Å²) in [6.07, 6.45) is 3.01. The van der Waals surface area contributed by atoms with Crippen LogP contribution in [0.5, 0.6) is 0 Å². The molecule has 0 aliphatic heterocycles. The predicted octanol–water partition coefficient (Wildman–Crippen LogP) is 2.55. The molecule has 0 fully saturated rings. The zero-order chi connectivity index (χ0) is 9.40. The van der Waals surface area contributed by atoms with Crippen molar-refractivity contribution in [3.05, 3.63) is 12.2 Å². The third-order valence-corrected chi connectivity index (χ3v) is 2.56. The molecule has 0 aromatic rings. The fraction of sp³-hybridized carbons (Fsp3) is 0.667. The standard InChI is InChI=1S/C9H16O2S/c1-3-4-6-12-7-5-8(2)9(10)11/h2-7H2,1H3,(H,10,11). The molecule has 12 heavy (non-hydrogen) atoms. The average Bonchev–Trinajstić information content (AvgIpc) is 2.03. The van der Waals surface area contributed by atoms with Gasteiger partial charge in [-0.05, 0) is 24.3 Å². The summed E-state index contributed by atoms with van der Waals surface area (Å²) in [7, 11) is 0. The summed E-state index contributed by atoms with van der Waals surface area (Å²) in [5.74, 6) is 1.14. The Morgan fingerprint density at radius 2 is 2.17 bits per heavy atom. The highest BCUT2D eigenvalue weighted by molar-refractivity contribution is 7.99. The Morgan fingerprint density at radius 3 is 2.67 bits per heavy atom. The van der Waals surface area contributed by atoms with E-state index in [4.69, 9.17) is 5.11 Å². The monoisotopic (exact) mass is 188 g/mol. The van der Waals surface area contributed by atoms with Crippen molar-refractivity contribution < 1.29 is 9.90 Å². The van der Waals surface area contributed by atoms with Crippen molar-refractivity contribution in [1.82, 2.24) is 0 Å². The van der Waals surface area contributed by atoms with Gasteiger partial charge < -0.3 is 5.11 Å². The molecule has 0 aliphatic carbocycles. The summed E-state index contributed by atoms with van der Waals surface area (Å²) in [4.78, 5) is 10.3. The van der Waals surface area contributed by atoms with Crippen molar-refractivity contribution in [3.63, 3.8) is 0 Å². The molecular formula is C9H16O2S. The van der Waals surface area contributed by atoms with E-state index in [-0.39, 0.29) is 0 Å². The number of aliphatic carboxylic acids is 1. The molecule has 3 heteroatoms. The molecule has 0 aliphatic rings. The van der Waals surface area contributed by atoms with Crippen LogP contribution in [0, 0.1) is 0 Å². The van der Waals surface area contributed by atoms with E-state index in [2.05, 4.69) is 13.5 Å². The Labute approximate surface area is 78.0 Å². The maximum absolute atomic E-state index is 10.3. The first-order valence-corrected chi connectivity index (χ1v) is 5.32. The zero-order valence-electron chi connectivity index (χ0n) is 7.51. The fourth-order valence-corrected chi connectivity index (χ4v) is 1.74.